The molecule has 5 heteroatoms. The summed E-state index contributed by atoms with van der Waals surface area (Å²) in [6.45, 7) is -0.166. The summed E-state index contributed by atoms with van der Waals surface area (Å²) < 4.78 is 41.9. The number of hydrogen-bond donors (Lipinski definition) is 0. The van der Waals surface area contributed by atoms with Gasteiger partial charge in [-0.15, -0.1) is 0 Å². The van der Waals surface area contributed by atoms with Crippen LogP contribution in [0.25, 0.3) is 0 Å². The number of rotatable bonds is 8. The van der Waals surface area contributed by atoms with Gasteiger partial charge in [-0.25, -0.2) is 4.79 Å². The molecule has 0 N–H and O–H groups in total. The minimum Gasteiger partial charge on any atom is -0.458 e. The number of ether oxygens (including phenoxy) is 1. The van der Waals surface area contributed by atoms with Gasteiger partial charge in [0.25, 0.3) is 0 Å². The molecular formula is C24H39F3O2. The van der Waals surface area contributed by atoms with E-state index in [0.717, 1.165) is 62.2 Å². The van der Waals surface area contributed by atoms with Crippen LogP contribution in [0, 0.1) is 29.6 Å². The Morgan fingerprint density at radius 3 is 1.62 bits per heavy atom. The van der Waals surface area contributed by atoms with Gasteiger partial charge in [-0.1, -0.05) is 25.7 Å². The lowest BCUT2D eigenvalue weighted by atomic mass is 9.65. The third kappa shape index (κ3) is 6.89. The lowest BCUT2D eigenvalue weighted by Gasteiger charge is -2.41. The third-order valence-electron chi connectivity index (χ3n) is 8.22. The van der Waals surface area contributed by atoms with Crippen molar-refractivity contribution in [1.82, 2.24) is 0 Å². The Morgan fingerprint density at radius 1 is 0.724 bits per heavy atom. The number of alkyl halides is 3. The summed E-state index contributed by atoms with van der Waals surface area (Å²) in [5.74, 6) is 2.73. The van der Waals surface area contributed by atoms with E-state index in [2.05, 4.69) is 0 Å². The van der Waals surface area contributed by atoms with E-state index in [-0.39, 0.29) is 12.8 Å². The van der Waals surface area contributed by atoms with Crippen LogP contribution in [0.15, 0.2) is 0 Å². The first kappa shape index (κ1) is 22.9. The summed E-state index contributed by atoms with van der Waals surface area (Å²) in [7, 11) is 0. The maximum atomic E-state index is 12.3. The fraction of sp³-hybridized carbons (Fsp3) is 0.958. The lowest BCUT2D eigenvalue weighted by Crippen LogP contribution is -2.32. The van der Waals surface area contributed by atoms with Gasteiger partial charge in [0.05, 0.1) is 6.67 Å². The SMILES string of the molecule is O=C(OC1CCC(C2CCC(C3CCC(CCCCF)CC3)CC2)CC1)C(F)F. The number of esters is 1. The van der Waals surface area contributed by atoms with E-state index in [9.17, 15) is 18.0 Å². The van der Waals surface area contributed by atoms with Crippen LogP contribution >= 0.6 is 0 Å². The molecule has 0 atom stereocenters. The van der Waals surface area contributed by atoms with Crippen molar-refractivity contribution in [3.63, 3.8) is 0 Å². The standard InChI is InChI=1S/C24H39F3O2/c25-16-2-1-3-17-4-6-18(7-5-17)19-8-10-20(11-9-19)21-12-14-22(15-13-21)29-24(28)23(26)27/h17-23H,1-16H2. The largest absolute Gasteiger partial charge is 0.458 e. The van der Waals surface area contributed by atoms with E-state index < -0.39 is 12.4 Å². The van der Waals surface area contributed by atoms with Crippen molar-refractivity contribution in [2.24, 2.45) is 29.6 Å². The molecular weight excluding hydrogens is 377 g/mol. The molecule has 0 heterocycles. The van der Waals surface area contributed by atoms with Crippen molar-refractivity contribution in [2.75, 3.05) is 6.67 Å². The molecule has 3 aliphatic carbocycles. The molecule has 0 unspecified atom stereocenters. The van der Waals surface area contributed by atoms with E-state index in [1.165, 1.54) is 57.8 Å². The highest BCUT2D eigenvalue weighted by Crippen LogP contribution is 2.46. The third-order valence-corrected chi connectivity index (χ3v) is 8.22. The molecule has 0 amide bonds. The quantitative estimate of drug-likeness (QED) is 0.311. The average molecular weight is 417 g/mol. The number of carbonyl (C=O) groups excluding carboxylic acids is 1. The molecule has 0 saturated heterocycles. The molecule has 0 aromatic carbocycles. The van der Waals surface area contributed by atoms with Crippen molar-refractivity contribution in [2.45, 2.75) is 109 Å². The predicted octanol–water partition coefficient (Wildman–Crippen LogP) is 7.11. The molecule has 0 bridgehead atoms. The van der Waals surface area contributed by atoms with E-state index in [4.69, 9.17) is 4.74 Å². The minimum atomic E-state index is -3.01. The molecule has 0 aliphatic heterocycles. The van der Waals surface area contributed by atoms with E-state index in [1.807, 2.05) is 0 Å². The van der Waals surface area contributed by atoms with E-state index in [0.29, 0.717) is 5.92 Å². The average Bonchev–Trinajstić information content (AvgIpc) is 2.75. The molecule has 2 nitrogen and oxygen atoms in total. The molecule has 168 valence electrons. The number of unbranched alkanes of at least 4 members (excludes halogenated alkanes) is 1. The Kier molecular flexibility index (Phi) is 9.17. The minimum absolute atomic E-state index is 0.166. The van der Waals surface area contributed by atoms with Gasteiger partial charge < -0.3 is 4.74 Å². The molecule has 0 aromatic heterocycles. The van der Waals surface area contributed by atoms with Crippen LogP contribution in [0.2, 0.25) is 0 Å². The summed E-state index contributed by atoms with van der Waals surface area (Å²) >= 11 is 0. The van der Waals surface area contributed by atoms with Gasteiger partial charge in [-0.3, -0.25) is 4.39 Å². The smallest absolute Gasteiger partial charge is 0.374 e. The molecule has 3 saturated carbocycles. The number of carbonyl (C=O) groups is 1. The molecule has 0 aromatic rings. The monoisotopic (exact) mass is 416 g/mol. The first-order valence-corrected chi connectivity index (χ1v) is 12.1. The molecule has 29 heavy (non-hydrogen) atoms. The Balaban J connectivity index is 1.32. The normalized spacial score (nSPS) is 36.1. The zero-order valence-corrected chi connectivity index (χ0v) is 17.8. The summed E-state index contributed by atoms with van der Waals surface area (Å²) in [6.07, 6.45) is 14.0. The summed E-state index contributed by atoms with van der Waals surface area (Å²) in [5, 5.41) is 0. The molecule has 3 rings (SSSR count). The van der Waals surface area contributed by atoms with Crippen molar-refractivity contribution in [1.29, 1.82) is 0 Å². The fourth-order valence-electron chi connectivity index (χ4n) is 6.46. The van der Waals surface area contributed by atoms with Crippen molar-refractivity contribution in [3.05, 3.63) is 0 Å². The highest BCUT2D eigenvalue weighted by Gasteiger charge is 2.35. The van der Waals surface area contributed by atoms with Gasteiger partial charge in [0.15, 0.2) is 0 Å². The van der Waals surface area contributed by atoms with Crippen LogP contribution in [0.3, 0.4) is 0 Å². The maximum absolute atomic E-state index is 12.3. The van der Waals surface area contributed by atoms with Crippen molar-refractivity contribution in [3.8, 4) is 0 Å². The fourth-order valence-corrected chi connectivity index (χ4v) is 6.46. The molecule has 0 radical (unpaired) electrons. The van der Waals surface area contributed by atoms with Gasteiger partial charge >= 0.3 is 12.4 Å². The first-order valence-electron chi connectivity index (χ1n) is 12.1. The van der Waals surface area contributed by atoms with Gasteiger partial charge in [0.2, 0.25) is 0 Å². The Morgan fingerprint density at radius 2 is 1.17 bits per heavy atom. The van der Waals surface area contributed by atoms with Crippen LogP contribution in [0.5, 0.6) is 0 Å². The van der Waals surface area contributed by atoms with Gasteiger partial charge in [-0.2, -0.15) is 8.78 Å². The van der Waals surface area contributed by atoms with Crippen LogP contribution < -0.4 is 0 Å². The second-order valence-electron chi connectivity index (χ2n) is 9.91. The summed E-state index contributed by atoms with van der Waals surface area (Å²) in [6, 6.07) is 0. The highest BCUT2D eigenvalue weighted by molar-refractivity contribution is 5.72. The van der Waals surface area contributed by atoms with Gasteiger partial charge in [0.1, 0.15) is 6.10 Å². The zero-order chi connectivity index (χ0) is 20.6. The molecule has 0 spiro atoms. The van der Waals surface area contributed by atoms with E-state index >= 15 is 0 Å². The number of hydrogen-bond acceptors (Lipinski definition) is 2. The first-order chi connectivity index (χ1) is 14.1. The van der Waals surface area contributed by atoms with Crippen LogP contribution in [-0.2, 0) is 9.53 Å². The topological polar surface area (TPSA) is 26.3 Å². The van der Waals surface area contributed by atoms with Crippen LogP contribution in [0.1, 0.15) is 96.3 Å². The van der Waals surface area contributed by atoms with Crippen LogP contribution in [-0.4, -0.2) is 25.2 Å². The Hall–Kier alpha value is -0.740. The van der Waals surface area contributed by atoms with E-state index in [1.54, 1.807) is 0 Å². The molecule has 3 aliphatic rings. The molecule has 3 fully saturated rings. The predicted molar refractivity (Wildman–Crippen MR) is 109 cm³/mol. The summed E-state index contributed by atoms with van der Waals surface area (Å²) in [4.78, 5) is 11.1. The Bertz CT molecular complexity index is 475. The van der Waals surface area contributed by atoms with Crippen molar-refractivity contribution < 1.29 is 22.7 Å². The second-order valence-corrected chi connectivity index (χ2v) is 9.91. The van der Waals surface area contributed by atoms with Gasteiger partial charge in [0, 0.05) is 0 Å². The zero-order valence-electron chi connectivity index (χ0n) is 17.8. The number of halogens is 3. The maximum Gasteiger partial charge on any atom is 0.374 e. The lowest BCUT2D eigenvalue weighted by molar-refractivity contribution is -0.164. The highest BCUT2D eigenvalue weighted by atomic mass is 19.3. The Labute approximate surface area is 174 Å². The second kappa shape index (κ2) is 11.6. The van der Waals surface area contributed by atoms with Crippen LogP contribution in [0.4, 0.5) is 13.2 Å². The summed E-state index contributed by atoms with van der Waals surface area (Å²) in [5.41, 5.74) is 0. The van der Waals surface area contributed by atoms with Crippen molar-refractivity contribution >= 4 is 5.97 Å². The van der Waals surface area contributed by atoms with Gasteiger partial charge in [-0.05, 0) is 100 Å².